The van der Waals surface area contributed by atoms with Crippen LogP contribution in [0.5, 0.6) is 0 Å². The lowest BCUT2D eigenvalue weighted by atomic mass is 10.1. The van der Waals surface area contributed by atoms with Gasteiger partial charge < -0.3 is 5.11 Å². The Hall–Kier alpha value is -1.77. The Morgan fingerprint density at radius 2 is 2.23 bits per heavy atom. The molecular formula is C11H9NO. The summed E-state index contributed by atoms with van der Waals surface area (Å²) < 4.78 is 0. The van der Waals surface area contributed by atoms with Crippen LogP contribution in [-0.4, -0.2) is 5.11 Å². The van der Waals surface area contributed by atoms with Crippen molar-refractivity contribution in [1.29, 1.82) is 5.26 Å². The van der Waals surface area contributed by atoms with E-state index < -0.39 is 0 Å². The van der Waals surface area contributed by atoms with Gasteiger partial charge in [0.05, 0.1) is 6.61 Å². The number of benzene rings is 1. The van der Waals surface area contributed by atoms with E-state index in [4.69, 9.17) is 10.4 Å². The molecule has 1 N–H and O–H groups in total. The highest BCUT2D eigenvalue weighted by molar-refractivity contribution is 5.44. The van der Waals surface area contributed by atoms with Crippen molar-refractivity contribution in [2.45, 2.75) is 13.5 Å². The highest BCUT2D eigenvalue weighted by atomic mass is 16.3. The molecule has 0 spiro atoms. The van der Waals surface area contributed by atoms with E-state index in [1.54, 1.807) is 12.1 Å². The van der Waals surface area contributed by atoms with Gasteiger partial charge in [0.15, 0.2) is 6.07 Å². The molecule has 1 aromatic rings. The maximum Gasteiger partial charge on any atom is 0.152 e. The van der Waals surface area contributed by atoms with Gasteiger partial charge in [-0.2, -0.15) is 5.26 Å². The fourth-order valence-corrected chi connectivity index (χ4v) is 1.06. The second-order valence-electron chi connectivity index (χ2n) is 2.67. The van der Waals surface area contributed by atoms with Gasteiger partial charge in [-0.25, -0.2) is 0 Å². The number of hydrogen-bond donors (Lipinski definition) is 1. The first-order chi connectivity index (χ1) is 6.27. The molecule has 2 nitrogen and oxygen atoms in total. The molecule has 0 aliphatic heterocycles. The molecule has 0 atom stereocenters. The predicted molar refractivity (Wildman–Crippen MR) is 49.6 cm³/mol. The number of nitriles is 1. The van der Waals surface area contributed by atoms with Crippen molar-refractivity contribution in [3.05, 3.63) is 34.9 Å². The molecule has 0 fully saturated rings. The van der Waals surface area contributed by atoms with Crippen molar-refractivity contribution in [1.82, 2.24) is 0 Å². The molecule has 0 saturated heterocycles. The number of aryl methyl sites for hydroxylation is 1. The summed E-state index contributed by atoms with van der Waals surface area (Å²) in [5, 5.41) is 17.1. The Bertz CT molecular complexity index is 404. The van der Waals surface area contributed by atoms with Gasteiger partial charge in [-0.3, -0.25) is 0 Å². The summed E-state index contributed by atoms with van der Waals surface area (Å²) in [6.45, 7) is 1.94. The van der Waals surface area contributed by atoms with Crippen LogP contribution >= 0.6 is 0 Å². The van der Waals surface area contributed by atoms with Gasteiger partial charge in [0, 0.05) is 11.5 Å². The zero-order valence-electron chi connectivity index (χ0n) is 7.33. The molecule has 0 unspecified atom stereocenters. The molecule has 0 aliphatic carbocycles. The fraction of sp³-hybridized carbons (Fsp3) is 0.182. The first-order valence-electron chi connectivity index (χ1n) is 3.88. The second kappa shape index (κ2) is 4.30. The van der Waals surface area contributed by atoms with E-state index in [9.17, 15) is 0 Å². The number of hydrogen-bond acceptors (Lipinski definition) is 2. The Kier molecular flexibility index (Phi) is 3.09. The maximum atomic E-state index is 8.84. The minimum Gasteiger partial charge on any atom is -0.392 e. The molecule has 0 heterocycles. The second-order valence-corrected chi connectivity index (χ2v) is 2.67. The Labute approximate surface area is 77.4 Å². The topological polar surface area (TPSA) is 44.0 Å². The van der Waals surface area contributed by atoms with Crippen molar-refractivity contribution >= 4 is 0 Å². The van der Waals surface area contributed by atoms with Crippen LogP contribution in [0.3, 0.4) is 0 Å². The van der Waals surface area contributed by atoms with Crippen LogP contribution < -0.4 is 0 Å². The zero-order chi connectivity index (χ0) is 9.68. The van der Waals surface area contributed by atoms with Crippen molar-refractivity contribution in [2.75, 3.05) is 0 Å². The van der Waals surface area contributed by atoms with E-state index in [0.29, 0.717) is 0 Å². The normalized spacial score (nSPS) is 8.38. The van der Waals surface area contributed by atoms with E-state index in [1.807, 2.05) is 19.1 Å². The van der Waals surface area contributed by atoms with E-state index >= 15 is 0 Å². The van der Waals surface area contributed by atoms with Crippen LogP contribution in [0.4, 0.5) is 0 Å². The summed E-state index contributed by atoms with van der Waals surface area (Å²) in [6, 6.07) is 7.23. The van der Waals surface area contributed by atoms with Crippen LogP contribution in [0, 0.1) is 30.1 Å². The minimum atomic E-state index is 0.0345. The molecule has 64 valence electrons. The monoisotopic (exact) mass is 171 g/mol. The summed E-state index contributed by atoms with van der Waals surface area (Å²) in [5.74, 6) is 5.06. The predicted octanol–water partition coefficient (Wildman–Crippen LogP) is 1.36. The van der Waals surface area contributed by atoms with Crippen LogP contribution in [-0.2, 0) is 6.61 Å². The highest BCUT2D eigenvalue weighted by Gasteiger charge is 1.95. The maximum absolute atomic E-state index is 8.84. The largest absolute Gasteiger partial charge is 0.392 e. The van der Waals surface area contributed by atoms with E-state index in [1.165, 1.54) is 0 Å². The van der Waals surface area contributed by atoms with Crippen LogP contribution in [0.25, 0.3) is 0 Å². The van der Waals surface area contributed by atoms with Gasteiger partial charge in [-0.1, -0.05) is 18.1 Å². The van der Waals surface area contributed by atoms with Crippen molar-refractivity contribution in [3.63, 3.8) is 0 Å². The Morgan fingerprint density at radius 3 is 2.77 bits per heavy atom. The highest BCUT2D eigenvalue weighted by Crippen LogP contribution is 2.09. The standard InChI is InChI=1S/C11H9NO/c1-9-7-10(8-13)4-5-11(9)3-2-6-12/h4-5,7,13H,8H2,1H3. The molecule has 0 saturated carbocycles. The molecule has 0 bridgehead atoms. The molecule has 0 radical (unpaired) electrons. The molecule has 0 amide bonds. The first-order valence-corrected chi connectivity index (χ1v) is 3.88. The van der Waals surface area contributed by atoms with Crippen molar-refractivity contribution in [3.8, 4) is 17.9 Å². The van der Waals surface area contributed by atoms with E-state index in [0.717, 1.165) is 16.7 Å². The Balaban J connectivity index is 3.07. The average molecular weight is 171 g/mol. The summed E-state index contributed by atoms with van der Waals surface area (Å²) in [5.41, 5.74) is 2.67. The lowest BCUT2D eigenvalue weighted by molar-refractivity contribution is 0.282. The van der Waals surface area contributed by atoms with Crippen LogP contribution in [0.15, 0.2) is 18.2 Å². The van der Waals surface area contributed by atoms with Crippen LogP contribution in [0.2, 0.25) is 0 Å². The SMILES string of the molecule is Cc1cc(CO)ccc1C#CC#N. The average Bonchev–Trinajstić information content (AvgIpc) is 2.16. The van der Waals surface area contributed by atoms with Crippen molar-refractivity contribution in [2.24, 2.45) is 0 Å². The fourth-order valence-electron chi connectivity index (χ4n) is 1.06. The van der Waals surface area contributed by atoms with E-state index in [2.05, 4.69) is 11.8 Å². The molecule has 2 heteroatoms. The van der Waals surface area contributed by atoms with Gasteiger partial charge in [0.2, 0.25) is 0 Å². The van der Waals surface area contributed by atoms with Crippen molar-refractivity contribution < 1.29 is 5.11 Å². The quantitative estimate of drug-likeness (QED) is 0.648. The third kappa shape index (κ3) is 2.33. The smallest absolute Gasteiger partial charge is 0.152 e. The number of aliphatic hydroxyl groups excluding tert-OH is 1. The summed E-state index contributed by atoms with van der Waals surface area (Å²) in [4.78, 5) is 0. The summed E-state index contributed by atoms with van der Waals surface area (Å²) >= 11 is 0. The van der Waals surface area contributed by atoms with Gasteiger partial charge in [-0.05, 0) is 24.1 Å². The lowest BCUT2D eigenvalue weighted by Crippen LogP contribution is -1.87. The zero-order valence-corrected chi connectivity index (χ0v) is 7.33. The summed E-state index contributed by atoms with van der Waals surface area (Å²) in [7, 11) is 0. The third-order valence-electron chi connectivity index (χ3n) is 1.73. The number of aliphatic hydroxyl groups is 1. The molecular weight excluding hydrogens is 162 g/mol. The third-order valence-corrected chi connectivity index (χ3v) is 1.73. The van der Waals surface area contributed by atoms with Gasteiger partial charge >= 0.3 is 0 Å². The first kappa shape index (κ1) is 9.32. The van der Waals surface area contributed by atoms with E-state index in [-0.39, 0.29) is 6.61 Å². The number of nitrogens with zero attached hydrogens (tertiary/aromatic N) is 1. The van der Waals surface area contributed by atoms with Crippen LogP contribution in [0.1, 0.15) is 16.7 Å². The molecule has 0 aromatic heterocycles. The lowest BCUT2D eigenvalue weighted by Gasteiger charge is -2.00. The van der Waals surface area contributed by atoms with Gasteiger partial charge in [0.1, 0.15) is 0 Å². The minimum absolute atomic E-state index is 0.0345. The van der Waals surface area contributed by atoms with Gasteiger partial charge in [-0.15, -0.1) is 0 Å². The molecule has 1 rings (SSSR count). The van der Waals surface area contributed by atoms with Gasteiger partial charge in [0.25, 0.3) is 0 Å². The molecule has 0 aliphatic rings. The Morgan fingerprint density at radius 1 is 1.46 bits per heavy atom. The summed E-state index contributed by atoms with van der Waals surface area (Å²) in [6.07, 6.45) is 0. The number of rotatable bonds is 1. The molecule has 1 aromatic carbocycles. The molecule has 13 heavy (non-hydrogen) atoms.